The first kappa shape index (κ1) is 25.4. The molecule has 3 amide bonds. The van der Waals surface area contributed by atoms with Crippen molar-refractivity contribution < 1.29 is 19.1 Å². The smallest absolute Gasteiger partial charge is 0.331 e. The van der Waals surface area contributed by atoms with Gasteiger partial charge < -0.3 is 10.1 Å². The number of amides is 3. The summed E-state index contributed by atoms with van der Waals surface area (Å²) in [6.45, 7) is 8.89. The van der Waals surface area contributed by atoms with Crippen molar-refractivity contribution in [2.45, 2.75) is 52.8 Å². The number of urea groups is 1. The Morgan fingerprint density at radius 1 is 1.19 bits per heavy atom. The van der Waals surface area contributed by atoms with E-state index in [1.807, 2.05) is 12.1 Å². The van der Waals surface area contributed by atoms with Crippen LogP contribution < -0.4 is 10.6 Å². The molecule has 2 N–H and O–H groups in total. The van der Waals surface area contributed by atoms with Crippen molar-refractivity contribution in [2.24, 2.45) is 0 Å². The molecule has 0 bridgehead atoms. The van der Waals surface area contributed by atoms with Gasteiger partial charge in [0.2, 0.25) is 0 Å². The standard InChI is InChI=1S/C22H26Cl2N4O4/c1-13-17(19(24)28(27-13)12-15-6-8-16(23)9-7-15)10-11-18(29)32-14(2)20(30)25-21(31)26-22(3,4)5/h6-11,14H,12H2,1-5H3,(H2,25,26,30,31)/b11-10+. The van der Waals surface area contributed by atoms with Crippen molar-refractivity contribution >= 4 is 47.2 Å². The number of carbonyl (C=O) groups excluding carboxylic acids is 3. The van der Waals surface area contributed by atoms with Crippen LogP contribution in [0.15, 0.2) is 30.3 Å². The summed E-state index contributed by atoms with van der Waals surface area (Å²) in [5.41, 5.74) is 1.63. The fourth-order valence-corrected chi connectivity index (χ4v) is 3.05. The van der Waals surface area contributed by atoms with Gasteiger partial charge in [0.15, 0.2) is 6.10 Å². The summed E-state index contributed by atoms with van der Waals surface area (Å²) in [5.74, 6) is -1.50. The zero-order chi connectivity index (χ0) is 24.1. The Hall–Kier alpha value is -2.84. The van der Waals surface area contributed by atoms with E-state index in [1.54, 1.807) is 44.5 Å². The second-order valence-electron chi connectivity index (χ2n) is 8.18. The highest BCUT2D eigenvalue weighted by Gasteiger charge is 2.21. The van der Waals surface area contributed by atoms with Crippen LogP contribution in [0.25, 0.3) is 6.08 Å². The largest absolute Gasteiger partial charge is 0.449 e. The molecule has 1 aromatic carbocycles. The number of halogens is 2. The highest BCUT2D eigenvalue weighted by Crippen LogP contribution is 2.23. The number of carbonyl (C=O) groups is 3. The average Bonchev–Trinajstić information content (AvgIpc) is 2.93. The quantitative estimate of drug-likeness (QED) is 0.478. The number of benzene rings is 1. The molecule has 0 aliphatic heterocycles. The van der Waals surface area contributed by atoms with E-state index in [0.29, 0.717) is 28.0 Å². The molecule has 1 atom stereocenters. The number of hydrogen-bond donors (Lipinski definition) is 2. The summed E-state index contributed by atoms with van der Waals surface area (Å²) in [5, 5.41) is 10.1. The maximum absolute atomic E-state index is 12.1. The van der Waals surface area contributed by atoms with Gasteiger partial charge in [0.1, 0.15) is 5.15 Å². The molecule has 2 aromatic rings. The van der Waals surface area contributed by atoms with Gasteiger partial charge in [0.25, 0.3) is 5.91 Å². The first-order chi connectivity index (χ1) is 14.9. The topological polar surface area (TPSA) is 102 Å². The number of nitrogens with zero attached hydrogens (tertiary/aromatic N) is 2. The van der Waals surface area contributed by atoms with Gasteiger partial charge in [-0.3, -0.25) is 10.1 Å². The highest BCUT2D eigenvalue weighted by molar-refractivity contribution is 6.31. The lowest BCUT2D eigenvalue weighted by molar-refractivity contribution is -0.149. The van der Waals surface area contributed by atoms with Crippen LogP contribution in [-0.2, 0) is 20.9 Å². The maximum Gasteiger partial charge on any atom is 0.331 e. The molecule has 8 nitrogen and oxygen atoms in total. The van der Waals surface area contributed by atoms with Crippen LogP contribution in [0.2, 0.25) is 10.2 Å². The summed E-state index contributed by atoms with van der Waals surface area (Å²) in [6, 6.07) is 6.63. The fourth-order valence-electron chi connectivity index (χ4n) is 2.63. The predicted octanol–water partition coefficient (Wildman–Crippen LogP) is 4.12. The number of rotatable bonds is 6. The minimum Gasteiger partial charge on any atom is -0.449 e. The van der Waals surface area contributed by atoms with Gasteiger partial charge in [0, 0.05) is 22.2 Å². The van der Waals surface area contributed by atoms with E-state index < -0.39 is 29.6 Å². The van der Waals surface area contributed by atoms with Gasteiger partial charge in [-0.05, 0) is 58.4 Å². The molecule has 0 saturated heterocycles. The lowest BCUT2D eigenvalue weighted by Gasteiger charge is -2.21. The van der Waals surface area contributed by atoms with E-state index in [9.17, 15) is 14.4 Å². The molecule has 1 heterocycles. The van der Waals surface area contributed by atoms with E-state index in [2.05, 4.69) is 15.7 Å². The number of nitrogens with one attached hydrogen (secondary N) is 2. The van der Waals surface area contributed by atoms with Gasteiger partial charge in [-0.2, -0.15) is 5.10 Å². The molecule has 0 spiro atoms. The molecule has 172 valence electrons. The Bertz CT molecular complexity index is 1020. The van der Waals surface area contributed by atoms with Crippen LogP contribution >= 0.6 is 23.2 Å². The number of hydrogen-bond acceptors (Lipinski definition) is 5. The molecule has 1 aromatic heterocycles. The fraction of sp³-hybridized carbons (Fsp3) is 0.364. The molecule has 0 radical (unpaired) electrons. The van der Waals surface area contributed by atoms with Gasteiger partial charge in [-0.15, -0.1) is 0 Å². The Balaban J connectivity index is 1.98. The molecule has 0 fully saturated rings. The van der Waals surface area contributed by atoms with Crippen LogP contribution in [0.3, 0.4) is 0 Å². The second kappa shape index (κ2) is 10.7. The van der Waals surface area contributed by atoms with Crippen LogP contribution in [0.5, 0.6) is 0 Å². The van der Waals surface area contributed by atoms with Crippen LogP contribution in [0.1, 0.15) is 44.5 Å². The van der Waals surface area contributed by atoms with Crippen molar-refractivity contribution in [1.82, 2.24) is 20.4 Å². The lowest BCUT2D eigenvalue weighted by atomic mass is 10.1. The summed E-state index contributed by atoms with van der Waals surface area (Å²) < 4.78 is 6.66. The third-order valence-electron chi connectivity index (χ3n) is 4.13. The molecule has 1 unspecified atom stereocenters. The summed E-state index contributed by atoms with van der Waals surface area (Å²) in [4.78, 5) is 35.9. The molecule has 10 heteroatoms. The number of imide groups is 1. The second-order valence-corrected chi connectivity index (χ2v) is 8.97. The molecule has 32 heavy (non-hydrogen) atoms. The van der Waals surface area contributed by atoms with Crippen molar-refractivity contribution in [2.75, 3.05) is 0 Å². The maximum atomic E-state index is 12.1. The van der Waals surface area contributed by atoms with Crippen LogP contribution in [0.4, 0.5) is 4.79 Å². The molecular weight excluding hydrogens is 455 g/mol. The first-order valence-electron chi connectivity index (χ1n) is 9.85. The Morgan fingerprint density at radius 3 is 2.41 bits per heavy atom. The third-order valence-corrected chi connectivity index (χ3v) is 4.78. The number of aromatic nitrogens is 2. The summed E-state index contributed by atoms with van der Waals surface area (Å²) in [6.07, 6.45) is 1.46. The van der Waals surface area contributed by atoms with Crippen LogP contribution in [-0.4, -0.2) is 39.3 Å². The van der Waals surface area contributed by atoms with E-state index in [1.165, 1.54) is 13.0 Å². The van der Waals surface area contributed by atoms with Gasteiger partial charge >= 0.3 is 12.0 Å². The molecular formula is C22H26Cl2N4O4. The summed E-state index contributed by atoms with van der Waals surface area (Å²) in [7, 11) is 0. The zero-order valence-electron chi connectivity index (χ0n) is 18.5. The first-order valence-corrected chi connectivity index (χ1v) is 10.6. The molecule has 0 aliphatic rings. The minimum atomic E-state index is -1.16. The molecule has 0 aliphatic carbocycles. The third kappa shape index (κ3) is 7.69. The SMILES string of the molecule is Cc1nn(Cc2ccc(Cl)cc2)c(Cl)c1/C=C/C(=O)OC(C)C(=O)NC(=O)NC(C)(C)C. The average molecular weight is 481 g/mol. The Labute approximate surface area is 196 Å². The van der Waals surface area contributed by atoms with E-state index >= 15 is 0 Å². The van der Waals surface area contributed by atoms with Gasteiger partial charge in [0.05, 0.1) is 12.2 Å². The number of aryl methyl sites for hydroxylation is 1. The van der Waals surface area contributed by atoms with Crippen LogP contribution in [0, 0.1) is 6.92 Å². The van der Waals surface area contributed by atoms with E-state index in [4.69, 9.17) is 27.9 Å². The van der Waals surface area contributed by atoms with Gasteiger partial charge in [-0.25, -0.2) is 14.3 Å². The monoisotopic (exact) mass is 480 g/mol. The van der Waals surface area contributed by atoms with Crippen molar-refractivity contribution in [3.63, 3.8) is 0 Å². The minimum absolute atomic E-state index is 0.353. The Kier molecular flexibility index (Phi) is 8.46. The number of esters is 1. The zero-order valence-corrected chi connectivity index (χ0v) is 20.0. The number of ether oxygens (including phenoxy) is 1. The lowest BCUT2D eigenvalue weighted by Crippen LogP contribution is -2.50. The van der Waals surface area contributed by atoms with Crippen molar-refractivity contribution in [1.29, 1.82) is 0 Å². The van der Waals surface area contributed by atoms with E-state index in [0.717, 1.165) is 11.6 Å². The highest BCUT2D eigenvalue weighted by atomic mass is 35.5. The van der Waals surface area contributed by atoms with Gasteiger partial charge in [-0.1, -0.05) is 35.3 Å². The predicted molar refractivity (Wildman–Crippen MR) is 124 cm³/mol. The van der Waals surface area contributed by atoms with Crippen molar-refractivity contribution in [3.05, 3.63) is 57.3 Å². The molecule has 2 rings (SSSR count). The van der Waals surface area contributed by atoms with E-state index in [-0.39, 0.29) is 0 Å². The summed E-state index contributed by atoms with van der Waals surface area (Å²) >= 11 is 12.3. The normalized spacial score (nSPS) is 12.5. The van der Waals surface area contributed by atoms with Crippen molar-refractivity contribution in [3.8, 4) is 0 Å². The Morgan fingerprint density at radius 2 is 1.81 bits per heavy atom. The molecule has 0 saturated carbocycles.